The van der Waals surface area contributed by atoms with Crippen molar-refractivity contribution in [3.8, 4) is 56.4 Å². The van der Waals surface area contributed by atoms with Crippen LogP contribution in [0.5, 0.6) is 0 Å². The number of hydrogen-bond acceptors (Lipinski definition) is 2. The Bertz CT molecular complexity index is 3580. The highest BCUT2D eigenvalue weighted by molar-refractivity contribution is 6.19. The van der Waals surface area contributed by atoms with Gasteiger partial charge in [-0.05, 0) is 82.6 Å². The van der Waals surface area contributed by atoms with Crippen molar-refractivity contribution in [3.05, 3.63) is 218 Å². The lowest BCUT2D eigenvalue weighted by molar-refractivity contribution is 1.18. The fraction of sp³-hybridized carbons (Fsp3) is 0. The molecule has 12 aromatic rings. The van der Waals surface area contributed by atoms with Gasteiger partial charge in [0.2, 0.25) is 0 Å². The number of benzene rings is 9. The van der Waals surface area contributed by atoms with E-state index in [1.54, 1.807) is 0 Å². The van der Waals surface area contributed by atoms with E-state index in [9.17, 15) is 0 Å². The smallest absolute Gasteiger partial charge is 0.160 e. The topological polar surface area (TPSA) is 35.6 Å². The standard InChI is InChI=1S/C56H36N4/c1-4-16-38(17-5-1)44-22-10-11-23-45(44)51-36-50(57-56(58-51)39-18-6-2-7-19-39)40-29-28-37-30-31-43(33-41(37)32-40)60-53-27-15-13-25-47(53)49-34-54-48(35-55(49)60)46-24-12-14-26-52(46)59(54)42-20-8-3-9-21-42/h1-36H. The highest BCUT2D eigenvalue weighted by Crippen LogP contribution is 2.41. The highest BCUT2D eigenvalue weighted by atomic mass is 15.0. The lowest BCUT2D eigenvalue weighted by Gasteiger charge is -2.14. The predicted molar refractivity (Wildman–Crippen MR) is 250 cm³/mol. The molecule has 0 radical (unpaired) electrons. The molecular formula is C56H36N4. The zero-order valence-electron chi connectivity index (χ0n) is 32.6. The normalized spacial score (nSPS) is 11.7. The number of para-hydroxylation sites is 3. The van der Waals surface area contributed by atoms with Crippen LogP contribution in [0.3, 0.4) is 0 Å². The second-order valence-corrected chi connectivity index (χ2v) is 15.4. The van der Waals surface area contributed by atoms with Crippen molar-refractivity contribution in [3.63, 3.8) is 0 Å². The first-order chi connectivity index (χ1) is 29.7. The summed E-state index contributed by atoms with van der Waals surface area (Å²) < 4.78 is 4.83. The molecule has 0 aliphatic carbocycles. The molecule has 9 aromatic carbocycles. The van der Waals surface area contributed by atoms with Crippen molar-refractivity contribution in [1.82, 2.24) is 19.1 Å². The average molecular weight is 765 g/mol. The Hall–Kier alpha value is -8.08. The van der Waals surface area contributed by atoms with Crippen molar-refractivity contribution in [2.45, 2.75) is 0 Å². The van der Waals surface area contributed by atoms with Gasteiger partial charge in [-0.25, -0.2) is 9.97 Å². The summed E-state index contributed by atoms with van der Waals surface area (Å²) in [6.07, 6.45) is 0. The molecule has 0 saturated heterocycles. The molecule has 0 atom stereocenters. The Morgan fingerprint density at radius 3 is 1.50 bits per heavy atom. The second kappa shape index (κ2) is 13.8. The van der Waals surface area contributed by atoms with Gasteiger partial charge in [0.05, 0.1) is 33.5 Å². The minimum atomic E-state index is 0.699. The summed E-state index contributed by atoms with van der Waals surface area (Å²) in [7, 11) is 0. The molecule has 0 aliphatic rings. The van der Waals surface area contributed by atoms with E-state index in [-0.39, 0.29) is 0 Å². The molecule has 12 rings (SSSR count). The largest absolute Gasteiger partial charge is 0.309 e. The fourth-order valence-corrected chi connectivity index (χ4v) is 9.12. The molecule has 3 aromatic heterocycles. The van der Waals surface area contributed by atoms with E-state index in [1.165, 1.54) is 49.0 Å². The first-order valence-electron chi connectivity index (χ1n) is 20.4. The van der Waals surface area contributed by atoms with E-state index in [1.807, 2.05) is 18.2 Å². The van der Waals surface area contributed by atoms with E-state index in [0.29, 0.717) is 5.82 Å². The average Bonchev–Trinajstić information content (AvgIpc) is 3.83. The monoisotopic (exact) mass is 764 g/mol. The summed E-state index contributed by atoms with van der Waals surface area (Å²) in [6, 6.07) is 78.0. The van der Waals surface area contributed by atoms with Crippen LogP contribution in [0.1, 0.15) is 0 Å². The van der Waals surface area contributed by atoms with Gasteiger partial charge in [-0.2, -0.15) is 0 Å². The van der Waals surface area contributed by atoms with Gasteiger partial charge in [0, 0.05) is 49.6 Å². The molecule has 4 heteroatoms. The molecule has 0 spiro atoms. The van der Waals surface area contributed by atoms with E-state index >= 15 is 0 Å². The molecule has 0 bridgehead atoms. The van der Waals surface area contributed by atoms with Gasteiger partial charge >= 0.3 is 0 Å². The van der Waals surface area contributed by atoms with Crippen molar-refractivity contribution >= 4 is 54.4 Å². The third kappa shape index (κ3) is 5.53. The van der Waals surface area contributed by atoms with E-state index in [2.05, 4.69) is 209 Å². The Balaban J connectivity index is 1.05. The van der Waals surface area contributed by atoms with Crippen LogP contribution in [-0.4, -0.2) is 19.1 Å². The van der Waals surface area contributed by atoms with Crippen molar-refractivity contribution in [1.29, 1.82) is 0 Å². The van der Waals surface area contributed by atoms with Gasteiger partial charge in [-0.1, -0.05) is 158 Å². The van der Waals surface area contributed by atoms with Crippen LogP contribution in [0.15, 0.2) is 218 Å². The highest BCUT2D eigenvalue weighted by Gasteiger charge is 2.19. The molecular weight excluding hydrogens is 729 g/mol. The predicted octanol–water partition coefficient (Wildman–Crippen LogP) is 14.5. The van der Waals surface area contributed by atoms with Gasteiger partial charge < -0.3 is 9.13 Å². The lowest BCUT2D eigenvalue weighted by Crippen LogP contribution is -1.97. The van der Waals surface area contributed by atoms with Crippen molar-refractivity contribution < 1.29 is 0 Å². The van der Waals surface area contributed by atoms with Crippen molar-refractivity contribution in [2.24, 2.45) is 0 Å². The van der Waals surface area contributed by atoms with Gasteiger partial charge in [-0.15, -0.1) is 0 Å². The molecule has 0 fully saturated rings. The Labute approximate surface area is 346 Å². The molecule has 0 amide bonds. The van der Waals surface area contributed by atoms with E-state index in [0.717, 1.165) is 56.0 Å². The summed E-state index contributed by atoms with van der Waals surface area (Å²) >= 11 is 0. The number of fused-ring (bicyclic) bond motifs is 7. The summed E-state index contributed by atoms with van der Waals surface area (Å²) in [4.78, 5) is 10.4. The molecule has 0 saturated carbocycles. The maximum atomic E-state index is 5.22. The van der Waals surface area contributed by atoms with Gasteiger partial charge in [0.15, 0.2) is 5.82 Å². The van der Waals surface area contributed by atoms with Crippen LogP contribution >= 0.6 is 0 Å². The maximum Gasteiger partial charge on any atom is 0.160 e. The summed E-state index contributed by atoms with van der Waals surface area (Å²) in [5, 5.41) is 7.24. The third-order valence-electron chi connectivity index (χ3n) is 11.9. The van der Waals surface area contributed by atoms with Gasteiger partial charge in [-0.3, -0.25) is 0 Å². The molecule has 0 unspecified atom stereocenters. The first-order valence-corrected chi connectivity index (χ1v) is 20.4. The van der Waals surface area contributed by atoms with Crippen LogP contribution in [0.25, 0.3) is 111 Å². The second-order valence-electron chi connectivity index (χ2n) is 15.4. The molecule has 3 heterocycles. The van der Waals surface area contributed by atoms with Crippen LogP contribution in [0.2, 0.25) is 0 Å². The van der Waals surface area contributed by atoms with Crippen LogP contribution < -0.4 is 0 Å². The minimum absolute atomic E-state index is 0.699. The van der Waals surface area contributed by atoms with Crippen LogP contribution in [0.4, 0.5) is 0 Å². The van der Waals surface area contributed by atoms with Crippen molar-refractivity contribution in [2.75, 3.05) is 0 Å². The molecule has 0 aliphatic heterocycles. The van der Waals surface area contributed by atoms with Crippen LogP contribution in [0, 0.1) is 0 Å². The molecule has 280 valence electrons. The molecule has 4 nitrogen and oxygen atoms in total. The molecule has 60 heavy (non-hydrogen) atoms. The zero-order chi connectivity index (χ0) is 39.6. The number of rotatable bonds is 6. The first kappa shape index (κ1) is 34.0. The zero-order valence-corrected chi connectivity index (χ0v) is 32.6. The lowest BCUT2D eigenvalue weighted by atomic mass is 9.96. The van der Waals surface area contributed by atoms with Gasteiger partial charge in [0.1, 0.15) is 0 Å². The Morgan fingerprint density at radius 2 is 0.817 bits per heavy atom. The number of nitrogens with zero attached hydrogens (tertiary/aromatic N) is 4. The van der Waals surface area contributed by atoms with Gasteiger partial charge in [0.25, 0.3) is 0 Å². The third-order valence-corrected chi connectivity index (χ3v) is 11.9. The number of aromatic nitrogens is 4. The Morgan fingerprint density at radius 1 is 0.283 bits per heavy atom. The maximum absolute atomic E-state index is 5.22. The van der Waals surface area contributed by atoms with E-state index in [4.69, 9.17) is 9.97 Å². The fourth-order valence-electron chi connectivity index (χ4n) is 9.12. The minimum Gasteiger partial charge on any atom is -0.309 e. The number of hydrogen-bond donors (Lipinski definition) is 0. The summed E-state index contributed by atoms with van der Waals surface area (Å²) in [6.45, 7) is 0. The SMILES string of the molecule is c1ccc(-c2nc(-c3ccc4ccc(-n5c6ccccc6c6cc7c(cc65)c5ccccc5n7-c5ccccc5)cc4c3)cc(-c3ccccc3-c3ccccc3)n2)cc1. The quantitative estimate of drug-likeness (QED) is 0.169. The summed E-state index contributed by atoms with van der Waals surface area (Å²) in [5.41, 5.74) is 14.2. The summed E-state index contributed by atoms with van der Waals surface area (Å²) in [5.74, 6) is 0.699. The molecule has 0 N–H and O–H groups in total. The van der Waals surface area contributed by atoms with E-state index < -0.39 is 0 Å². The Kier molecular flexibility index (Phi) is 7.82. The van der Waals surface area contributed by atoms with Crippen LogP contribution in [-0.2, 0) is 0 Å².